The van der Waals surface area contributed by atoms with Crippen molar-refractivity contribution in [2.45, 2.75) is 13.3 Å². The fraction of sp³-hybridized carbons (Fsp3) is 0.692. The van der Waals surface area contributed by atoms with Gasteiger partial charge in [0.05, 0.1) is 13.2 Å². The zero-order valence-electron chi connectivity index (χ0n) is 11.7. The van der Waals surface area contributed by atoms with Gasteiger partial charge in [0.2, 0.25) is 0 Å². The fourth-order valence-corrected chi connectivity index (χ4v) is 2.03. The molecule has 1 aromatic rings. The number of hydrogen-bond acceptors (Lipinski definition) is 6. The predicted octanol–water partition coefficient (Wildman–Crippen LogP) is 1.07. The topological polar surface area (TPSA) is 59.5 Å². The average Bonchev–Trinajstić information content (AvgIpc) is 2.44. The summed E-state index contributed by atoms with van der Waals surface area (Å²) in [6.07, 6.45) is 0.965. The Balaban J connectivity index is 1.97. The zero-order valence-corrected chi connectivity index (χ0v) is 11.7. The van der Waals surface area contributed by atoms with Crippen LogP contribution in [0.3, 0.4) is 0 Å². The lowest BCUT2D eigenvalue weighted by atomic mass is 10.3. The van der Waals surface area contributed by atoms with E-state index in [0.29, 0.717) is 0 Å². The van der Waals surface area contributed by atoms with Gasteiger partial charge in [-0.3, -0.25) is 0 Å². The van der Waals surface area contributed by atoms with Crippen LogP contribution in [0.25, 0.3) is 0 Å². The van der Waals surface area contributed by atoms with E-state index in [9.17, 15) is 0 Å². The molecule has 0 radical (unpaired) electrons. The van der Waals surface area contributed by atoms with Crippen LogP contribution >= 0.6 is 0 Å². The van der Waals surface area contributed by atoms with Crippen LogP contribution in [0.2, 0.25) is 0 Å². The molecule has 1 aliphatic rings. The molecule has 106 valence electrons. The Bertz CT molecular complexity index is 394. The van der Waals surface area contributed by atoms with Crippen LogP contribution in [0, 0.1) is 6.92 Å². The number of hydrogen-bond donors (Lipinski definition) is 1. The molecule has 6 heteroatoms. The average molecular weight is 266 g/mol. The second kappa shape index (κ2) is 7.25. The maximum atomic E-state index is 5.36. The number of nitrogens with zero attached hydrogens (tertiary/aromatic N) is 3. The van der Waals surface area contributed by atoms with E-state index < -0.39 is 0 Å². The largest absolute Gasteiger partial charge is 0.385 e. The van der Waals surface area contributed by atoms with Crippen molar-refractivity contribution in [3.63, 3.8) is 0 Å². The first kappa shape index (κ1) is 14.0. The Hall–Kier alpha value is -1.40. The first-order valence-electron chi connectivity index (χ1n) is 6.71. The highest BCUT2D eigenvalue weighted by atomic mass is 16.5. The third kappa shape index (κ3) is 4.33. The molecular formula is C13H22N4O2. The third-order valence-corrected chi connectivity index (χ3v) is 2.99. The number of nitrogens with one attached hydrogen (secondary N) is 1. The Kier molecular flexibility index (Phi) is 5.35. The summed E-state index contributed by atoms with van der Waals surface area (Å²) in [7, 11) is 1.71. The van der Waals surface area contributed by atoms with Gasteiger partial charge in [0.15, 0.2) is 0 Å². The molecule has 0 bridgehead atoms. The van der Waals surface area contributed by atoms with Gasteiger partial charge >= 0.3 is 0 Å². The molecule has 0 atom stereocenters. The SMILES string of the molecule is COCCCNc1cc(N2CCOCC2)nc(C)n1. The standard InChI is InChI=1S/C13H22N4O2/c1-11-15-12(14-4-3-7-18-2)10-13(16-11)17-5-8-19-9-6-17/h10H,3-9H2,1-2H3,(H,14,15,16). The van der Waals surface area contributed by atoms with Crippen molar-refractivity contribution in [2.24, 2.45) is 0 Å². The van der Waals surface area contributed by atoms with Crippen LogP contribution in [0.5, 0.6) is 0 Å². The van der Waals surface area contributed by atoms with Crippen molar-refractivity contribution in [3.8, 4) is 0 Å². The Morgan fingerprint density at radius 2 is 2.16 bits per heavy atom. The zero-order chi connectivity index (χ0) is 13.5. The Labute approximate surface area is 114 Å². The predicted molar refractivity (Wildman–Crippen MR) is 74.8 cm³/mol. The van der Waals surface area contributed by atoms with Crippen molar-refractivity contribution < 1.29 is 9.47 Å². The number of morpholine rings is 1. The van der Waals surface area contributed by atoms with E-state index in [1.807, 2.05) is 13.0 Å². The quantitative estimate of drug-likeness (QED) is 0.777. The summed E-state index contributed by atoms with van der Waals surface area (Å²) in [6.45, 7) is 6.84. The molecular weight excluding hydrogens is 244 g/mol. The minimum atomic E-state index is 0.757. The number of rotatable bonds is 6. The smallest absolute Gasteiger partial charge is 0.134 e. The number of anilines is 2. The lowest BCUT2D eigenvalue weighted by molar-refractivity contribution is 0.122. The van der Waals surface area contributed by atoms with E-state index >= 15 is 0 Å². The molecule has 0 aliphatic carbocycles. The van der Waals surface area contributed by atoms with Gasteiger partial charge in [0, 0.05) is 39.4 Å². The van der Waals surface area contributed by atoms with Gasteiger partial charge in [-0.2, -0.15) is 0 Å². The van der Waals surface area contributed by atoms with Crippen molar-refractivity contribution in [1.29, 1.82) is 0 Å². The van der Waals surface area contributed by atoms with E-state index in [2.05, 4.69) is 20.2 Å². The lowest BCUT2D eigenvalue weighted by Crippen LogP contribution is -2.37. The maximum Gasteiger partial charge on any atom is 0.134 e. The van der Waals surface area contributed by atoms with Crippen LogP contribution in [0.15, 0.2) is 6.07 Å². The second-order valence-corrected chi connectivity index (χ2v) is 4.53. The summed E-state index contributed by atoms with van der Waals surface area (Å²) in [5, 5.41) is 3.31. The molecule has 1 fully saturated rings. The Morgan fingerprint density at radius 1 is 1.37 bits per heavy atom. The van der Waals surface area contributed by atoms with Gasteiger partial charge in [-0.1, -0.05) is 0 Å². The molecule has 2 heterocycles. The molecule has 2 rings (SSSR count). The van der Waals surface area contributed by atoms with E-state index in [1.54, 1.807) is 7.11 Å². The number of aromatic nitrogens is 2. The first-order valence-corrected chi connectivity index (χ1v) is 6.71. The molecule has 6 nitrogen and oxygen atoms in total. The summed E-state index contributed by atoms with van der Waals surface area (Å²) in [5.41, 5.74) is 0. The maximum absolute atomic E-state index is 5.36. The molecule has 1 aliphatic heterocycles. The molecule has 0 unspecified atom stereocenters. The molecule has 0 amide bonds. The van der Waals surface area contributed by atoms with Gasteiger partial charge < -0.3 is 19.7 Å². The van der Waals surface area contributed by atoms with E-state index in [0.717, 1.165) is 63.3 Å². The van der Waals surface area contributed by atoms with Gasteiger partial charge in [0.25, 0.3) is 0 Å². The first-order chi connectivity index (χ1) is 9.29. The molecule has 19 heavy (non-hydrogen) atoms. The number of ether oxygens (including phenoxy) is 2. The summed E-state index contributed by atoms with van der Waals surface area (Å²) >= 11 is 0. The van der Waals surface area contributed by atoms with Crippen LogP contribution in [-0.4, -0.2) is 56.5 Å². The van der Waals surface area contributed by atoms with Gasteiger partial charge in [-0.05, 0) is 13.3 Å². The fourth-order valence-electron chi connectivity index (χ4n) is 2.03. The van der Waals surface area contributed by atoms with Gasteiger partial charge in [0.1, 0.15) is 17.5 Å². The number of methoxy groups -OCH3 is 1. The minimum Gasteiger partial charge on any atom is -0.385 e. The molecule has 1 N–H and O–H groups in total. The van der Waals surface area contributed by atoms with E-state index in [1.165, 1.54) is 0 Å². The van der Waals surface area contributed by atoms with Gasteiger partial charge in [-0.15, -0.1) is 0 Å². The van der Waals surface area contributed by atoms with Crippen LogP contribution in [-0.2, 0) is 9.47 Å². The van der Waals surface area contributed by atoms with Crippen LogP contribution in [0.4, 0.5) is 11.6 Å². The second-order valence-electron chi connectivity index (χ2n) is 4.53. The summed E-state index contributed by atoms with van der Waals surface area (Å²) in [6, 6.07) is 2.01. The summed E-state index contributed by atoms with van der Waals surface area (Å²) in [4.78, 5) is 11.1. The number of aryl methyl sites for hydroxylation is 1. The van der Waals surface area contributed by atoms with E-state index in [-0.39, 0.29) is 0 Å². The monoisotopic (exact) mass is 266 g/mol. The van der Waals surface area contributed by atoms with Crippen molar-refractivity contribution in [2.75, 3.05) is 56.8 Å². The summed E-state index contributed by atoms with van der Waals surface area (Å²) < 4.78 is 10.4. The highest BCUT2D eigenvalue weighted by molar-refractivity contribution is 5.49. The van der Waals surface area contributed by atoms with Gasteiger partial charge in [-0.25, -0.2) is 9.97 Å². The molecule has 0 spiro atoms. The minimum absolute atomic E-state index is 0.757. The van der Waals surface area contributed by atoms with Crippen molar-refractivity contribution in [3.05, 3.63) is 11.9 Å². The molecule has 1 aromatic heterocycles. The third-order valence-electron chi connectivity index (χ3n) is 2.99. The molecule has 0 saturated carbocycles. The van der Waals surface area contributed by atoms with Crippen LogP contribution < -0.4 is 10.2 Å². The Morgan fingerprint density at radius 3 is 2.89 bits per heavy atom. The lowest BCUT2D eigenvalue weighted by Gasteiger charge is -2.28. The normalized spacial score (nSPS) is 15.6. The van der Waals surface area contributed by atoms with Crippen molar-refractivity contribution >= 4 is 11.6 Å². The molecule has 1 saturated heterocycles. The summed E-state index contributed by atoms with van der Waals surface area (Å²) in [5.74, 6) is 2.65. The molecule has 0 aromatic carbocycles. The highest BCUT2D eigenvalue weighted by Gasteiger charge is 2.13. The van der Waals surface area contributed by atoms with Crippen LogP contribution in [0.1, 0.15) is 12.2 Å². The van der Waals surface area contributed by atoms with E-state index in [4.69, 9.17) is 9.47 Å². The van der Waals surface area contributed by atoms with Crippen molar-refractivity contribution in [1.82, 2.24) is 9.97 Å². The highest BCUT2D eigenvalue weighted by Crippen LogP contribution is 2.17.